The van der Waals surface area contributed by atoms with Crippen molar-refractivity contribution in [2.75, 3.05) is 19.6 Å². The molecule has 2 N–H and O–H groups in total. The monoisotopic (exact) mass is 265 g/mol. The van der Waals surface area contributed by atoms with Crippen molar-refractivity contribution in [1.82, 2.24) is 4.90 Å². The topological polar surface area (TPSA) is 77.8 Å². The molecule has 1 aromatic rings. The lowest BCUT2D eigenvalue weighted by atomic mass is 9.98. The minimum atomic E-state index is -1.01. The van der Waals surface area contributed by atoms with Crippen LogP contribution < -0.4 is 0 Å². The summed E-state index contributed by atoms with van der Waals surface area (Å²) in [7, 11) is 0. The number of hydrogen-bond acceptors (Lipinski definition) is 3. The number of aliphatic carboxylic acids is 2. The van der Waals surface area contributed by atoms with Crippen molar-refractivity contribution in [1.29, 1.82) is 0 Å². The summed E-state index contributed by atoms with van der Waals surface area (Å²) in [5.74, 6) is -1.74. The lowest BCUT2D eigenvalue weighted by Crippen LogP contribution is -2.35. The van der Waals surface area contributed by atoms with Gasteiger partial charge in [-0.15, -0.1) is 0 Å². The molecule has 104 valence electrons. The summed E-state index contributed by atoms with van der Waals surface area (Å²) in [6.45, 7) is 2.02. The third-order valence-electron chi connectivity index (χ3n) is 2.96. The van der Waals surface area contributed by atoms with Crippen molar-refractivity contribution < 1.29 is 19.8 Å². The Labute approximate surface area is 112 Å². The number of carboxylic acid groups (broad SMARTS) is 2. The summed E-state index contributed by atoms with van der Waals surface area (Å²) in [5, 5.41) is 17.5. The van der Waals surface area contributed by atoms with Crippen LogP contribution in [0.25, 0.3) is 0 Å². The van der Waals surface area contributed by atoms with Gasteiger partial charge in [0.15, 0.2) is 0 Å². The summed E-state index contributed by atoms with van der Waals surface area (Å²) in [5.41, 5.74) is 1.17. The average molecular weight is 265 g/mol. The second kappa shape index (κ2) is 7.53. The van der Waals surface area contributed by atoms with E-state index in [1.807, 2.05) is 30.3 Å². The first-order valence-corrected chi connectivity index (χ1v) is 6.20. The molecule has 1 atom stereocenters. The first-order chi connectivity index (χ1) is 8.99. The number of carboxylic acids is 2. The Hall–Kier alpha value is -1.88. The van der Waals surface area contributed by atoms with Crippen LogP contribution in [0.2, 0.25) is 0 Å². The minimum Gasteiger partial charge on any atom is -0.480 e. The summed E-state index contributed by atoms with van der Waals surface area (Å²) < 4.78 is 0. The van der Waals surface area contributed by atoms with Crippen molar-refractivity contribution in [3.63, 3.8) is 0 Å². The van der Waals surface area contributed by atoms with Gasteiger partial charge >= 0.3 is 11.9 Å². The van der Waals surface area contributed by atoms with Crippen LogP contribution in [-0.4, -0.2) is 46.7 Å². The largest absolute Gasteiger partial charge is 0.480 e. The molecule has 0 aliphatic heterocycles. The molecule has 0 aliphatic carbocycles. The number of benzene rings is 1. The van der Waals surface area contributed by atoms with E-state index in [4.69, 9.17) is 10.2 Å². The molecule has 0 aliphatic rings. The highest BCUT2D eigenvalue weighted by Crippen LogP contribution is 2.18. The first kappa shape index (κ1) is 15.2. The summed E-state index contributed by atoms with van der Waals surface area (Å²) in [6, 6.07) is 9.89. The summed E-state index contributed by atoms with van der Waals surface area (Å²) >= 11 is 0. The molecule has 19 heavy (non-hydrogen) atoms. The predicted molar refractivity (Wildman–Crippen MR) is 71.2 cm³/mol. The lowest BCUT2D eigenvalue weighted by Gasteiger charge is -2.20. The number of carbonyl (C=O) groups is 2. The highest BCUT2D eigenvalue weighted by molar-refractivity contribution is 5.72. The van der Waals surface area contributed by atoms with Crippen molar-refractivity contribution >= 4 is 11.9 Å². The maximum Gasteiger partial charge on any atom is 0.317 e. The average Bonchev–Trinajstić information content (AvgIpc) is 2.35. The van der Waals surface area contributed by atoms with Crippen molar-refractivity contribution in [2.24, 2.45) is 0 Å². The molecular weight excluding hydrogens is 246 g/mol. The van der Waals surface area contributed by atoms with E-state index < -0.39 is 11.9 Å². The lowest BCUT2D eigenvalue weighted by molar-refractivity contribution is -0.141. The van der Waals surface area contributed by atoms with Gasteiger partial charge in [0, 0.05) is 0 Å². The number of rotatable bonds is 8. The van der Waals surface area contributed by atoms with Gasteiger partial charge < -0.3 is 10.2 Å². The molecule has 0 fully saturated rings. The maximum atomic E-state index is 10.7. The first-order valence-electron chi connectivity index (χ1n) is 6.20. The third kappa shape index (κ3) is 6.01. The quantitative estimate of drug-likeness (QED) is 0.747. The van der Waals surface area contributed by atoms with Crippen LogP contribution >= 0.6 is 0 Å². The van der Waals surface area contributed by atoms with Crippen LogP contribution in [0.4, 0.5) is 0 Å². The Bertz CT molecular complexity index is 403. The molecule has 0 radical (unpaired) electrons. The summed E-state index contributed by atoms with van der Waals surface area (Å²) in [6.07, 6.45) is 0.727. The second-order valence-electron chi connectivity index (χ2n) is 4.60. The van der Waals surface area contributed by atoms with Crippen LogP contribution in [-0.2, 0) is 9.59 Å². The van der Waals surface area contributed by atoms with Gasteiger partial charge in [-0.1, -0.05) is 37.3 Å². The molecule has 0 heterocycles. The zero-order chi connectivity index (χ0) is 14.3. The Morgan fingerprint density at radius 1 is 1.11 bits per heavy atom. The molecule has 1 unspecified atom stereocenters. The van der Waals surface area contributed by atoms with Crippen molar-refractivity contribution in [2.45, 2.75) is 19.3 Å². The molecular formula is C14H19NO4. The van der Waals surface area contributed by atoms with E-state index in [1.54, 1.807) is 0 Å². The minimum absolute atomic E-state index is 0.242. The SMILES string of the molecule is CC(CCN(CC(=O)O)CC(=O)O)c1ccccc1. The van der Waals surface area contributed by atoms with E-state index in [1.165, 1.54) is 10.5 Å². The zero-order valence-electron chi connectivity index (χ0n) is 11.0. The van der Waals surface area contributed by atoms with Crippen LogP contribution in [0.3, 0.4) is 0 Å². The van der Waals surface area contributed by atoms with Gasteiger partial charge in [-0.2, -0.15) is 0 Å². The molecule has 0 bridgehead atoms. The fourth-order valence-electron chi connectivity index (χ4n) is 1.92. The Morgan fingerprint density at radius 3 is 2.11 bits per heavy atom. The van der Waals surface area contributed by atoms with Gasteiger partial charge in [0.1, 0.15) is 0 Å². The number of hydrogen-bond donors (Lipinski definition) is 2. The van der Waals surface area contributed by atoms with Gasteiger partial charge in [-0.25, -0.2) is 0 Å². The third-order valence-corrected chi connectivity index (χ3v) is 2.96. The maximum absolute atomic E-state index is 10.7. The van der Waals surface area contributed by atoms with Gasteiger partial charge in [0.2, 0.25) is 0 Å². The van der Waals surface area contributed by atoms with E-state index in [2.05, 4.69) is 6.92 Å². The smallest absolute Gasteiger partial charge is 0.317 e. The van der Waals surface area contributed by atoms with Gasteiger partial charge in [0.05, 0.1) is 13.1 Å². The fraction of sp³-hybridized carbons (Fsp3) is 0.429. The highest BCUT2D eigenvalue weighted by atomic mass is 16.4. The van der Waals surface area contributed by atoms with Gasteiger partial charge in [0.25, 0.3) is 0 Å². The Morgan fingerprint density at radius 2 is 1.63 bits per heavy atom. The summed E-state index contributed by atoms with van der Waals surface area (Å²) in [4.78, 5) is 22.8. The van der Waals surface area contributed by atoms with E-state index in [0.717, 1.165) is 6.42 Å². The molecule has 0 aromatic heterocycles. The highest BCUT2D eigenvalue weighted by Gasteiger charge is 2.15. The van der Waals surface area contributed by atoms with Crippen LogP contribution in [0, 0.1) is 0 Å². The van der Waals surface area contributed by atoms with Crippen LogP contribution in [0.5, 0.6) is 0 Å². The van der Waals surface area contributed by atoms with Crippen molar-refractivity contribution in [3.05, 3.63) is 35.9 Å². The molecule has 5 heteroatoms. The van der Waals surface area contributed by atoms with E-state index in [-0.39, 0.29) is 19.0 Å². The molecule has 0 saturated carbocycles. The molecule has 1 rings (SSSR count). The van der Waals surface area contributed by atoms with Crippen molar-refractivity contribution in [3.8, 4) is 0 Å². The molecule has 0 amide bonds. The predicted octanol–water partition coefficient (Wildman–Crippen LogP) is 1.65. The zero-order valence-corrected chi connectivity index (χ0v) is 11.0. The van der Waals surface area contributed by atoms with Crippen LogP contribution in [0.15, 0.2) is 30.3 Å². The molecule has 0 spiro atoms. The van der Waals surface area contributed by atoms with E-state index in [9.17, 15) is 9.59 Å². The second-order valence-corrected chi connectivity index (χ2v) is 4.60. The fourth-order valence-corrected chi connectivity index (χ4v) is 1.92. The Balaban J connectivity index is 2.51. The van der Waals surface area contributed by atoms with Gasteiger partial charge in [-0.3, -0.25) is 14.5 Å². The molecule has 5 nitrogen and oxygen atoms in total. The molecule has 1 aromatic carbocycles. The van der Waals surface area contributed by atoms with Gasteiger partial charge in [-0.05, 0) is 24.4 Å². The Kier molecular flexibility index (Phi) is 6.02. The van der Waals surface area contributed by atoms with E-state index in [0.29, 0.717) is 6.54 Å². The normalized spacial score (nSPS) is 12.3. The van der Waals surface area contributed by atoms with E-state index >= 15 is 0 Å². The standard InChI is InChI=1S/C14H19NO4/c1-11(12-5-3-2-4-6-12)7-8-15(9-13(16)17)10-14(18)19/h2-6,11H,7-10H2,1H3,(H,16,17)(H,18,19). The number of nitrogens with zero attached hydrogens (tertiary/aromatic N) is 1. The van der Waals surface area contributed by atoms with Crippen LogP contribution in [0.1, 0.15) is 24.8 Å². The molecule has 0 saturated heterocycles.